The minimum absolute atomic E-state index is 0.264. The van der Waals surface area contributed by atoms with Crippen LogP contribution in [0.5, 0.6) is 5.75 Å². The molecule has 2 atom stereocenters. The first-order valence-corrected chi connectivity index (χ1v) is 9.94. The molecule has 1 amide bonds. The van der Waals surface area contributed by atoms with Crippen LogP contribution in [0.25, 0.3) is 0 Å². The Hall–Kier alpha value is -2.73. The predicted octanol–water partition coefficient (Wildman–Crippen LogP) is 5.16. The highest BCUT2D eigenvalue weighted by atomic mass is 16.6. The van der Waals surface area contributed by atoms with Gasteiger partial charge in [0.25, 0.3) is 0 Å². The van der Waals surface area contributed by atoms with Gasteiger partial charge in [-0.25, -0.2) is 4.79 Å². The van der Waals surface area contributed by atoms with E-state index >= 15 is 0 Å². The van der Waals surface area contributed by atoms with Crippen molar-refractivity contribution in [2.24, 2.45) is 10.2 Å². The van der Waals surface area contributed by atoms with Gasteiger partial charge in [0.1, 0.15) is 5.75 Å². The summed E-state index contributed by atoms with van der Waals surface area (Å²) in [5, 5.41) is 8.41. The van der Waals surface area contributed by atoms with Gasteiger partial charge in [0, 0.05) is 25.2 Å². The van der Waals surface area contributed by atoms with Gasteiger partial charge < -0.3 is 9.64 Å². The van der Waals surface area contributed by atoms with Crippen LogP contribution in [0.15, 0.2) is 64.8 Å². The summed E-state index contributed by atoms with van der Waals surface area (Å²) < 4.78 is 5.61. The number of amides is 1. The Morgan fingerprint density at radius 2 is 1.61 bits per heavy atom. The van der Waals surface area contributed by atoms with E-state index in [1.165, 1.54) is 12.8 Å². The largest absolute Gasteiger partial charge is 0.415 e. The van der Waals surface area contributed by atoms with E-state index in [2.05, 4.69) is 22.2 Å². The third-order valence-corrected chi connectivity index (χ3v) is 5.73. The first kappa shape index (κ1) is 18.6. The van der Waals surface area contributed by atoms with E-state index in [4.69, 9.17) is 4.74 Å². The topological polar surface area (TPSA) is 57.5 Å². The molecule has 2 heterocycles. The highest BCUT2D eigenvalue weighted by Gasteiger charge is 2.34. The van der Waals surface area contributed by atoms with Crippen LogP contribution in [0.4, 0.5) is 16.2 Å². The molecule has 0 spiro atoms. The van der Waals surface area contributed by atoms with Gasteiger partial charge in [0.15, 0.2) is 0 Å². The number of nitrogens with zero attached hydrogens (tertiary/aromatic N) is 4. The molecule has 0 radical (unpaired) electrons. The Morgan fingerprint density at radius 1 is 0.929 bits per heavy atom. The Morgan fingerprint density at radius 3 is 2.36 bits per heavy atom. The molecule has 2 unspecified atom stereocenters. The number of likely N-dealkylation sites (N-methyl/N-ethyl adjacent to an activating group) is 1. The molecule has 0 saturated carbocycles. The number of fused-ring (bicyclic) bond motifs is 2. The van der Waals surface area contributed by atoms with Crippen LogP contribution in [0.1, 0.15) is 25.7 Å². The van der Waals surface area contributed by atoms with Gasteiger partial charge in [-0.15, -0.1) is 0 Å². The molecule has 146 valence electrons. The fraction of sp³-hybridized carbons (Fsp3) is 0.409. The fourth-order valence-corrected chi connectivity index (χ4v) is 4.04. The number of piperidine rings is 1. The lowest BCUT2D eigenvalue weighted by Gasteiger charge is -2.37. The zero-order valence-corrected chi connectivity index (χ0v) is 16.2. The normalized spacial score (nSPS) is 22.8. The number of carbonyl (C=O) groups excluding carboxylic acids is 1. The molecular weight excluding hydrogens is 352 g/mol. The van der Waals surface area contributed by atoms with E-state index in [0.717, 1.165) is 31.6 Å². The van der Waals surface area contributed by atoms with Crippen molar-refractivity contribution in [3.05, 3.63) is 54.6 Å². The lowest BCUT2D eigenvalue weighted by Crippen LogP contribution is -2.46. The van der Waals surface area contributed by atoms with Crippen LogP contribution in [-0.2, 0) is 0 Å². The number of carbonyl (C=O) groups is 1. The van der Waals surface area contributed by atoms with E-state index in [1.54, 1.807) is 24.3 Å². The van der Waals surface area contributed by atoms with Crippen LogP contribution < -0.4 is 4.74 Å². The van der Waals surface area contributed by atoms with Crippen molar-refractivity contribution in [3.63, 3.8) is 0 Å². The van der Waals surface area contributed by atoms with E-state index < -0.39 is 0 Å². The van der Waals surface area contributed by atoms with Crippen molar-refractivity contribution < 1.29 is 9.53 Å². The van der Waals surface area contributed by atoms with Crippen LogP contribution in [0.2, 0.25) is 0 Å². The summed E-state index contributed by atoms with van der Waals surface area (Å²) in [7, 11) is 2.19. The third-order valence-electron chi connectivity index (χ3n) is 5.73. The van der Waals surface area contributed by atoms with Crippen molar-refractivity contribution in [1.29, 1.82) is 0 Å². The summed E-state index contributed by atoms with van der Waals surface area (Å²) in [6.07, 6.45) is 4.38. The van der Waals surface area contributed by atoms with Crippen molar-refractivity contribution >= 4 is 17.5 Å². The standard InChI is InChI=1S/C22H26N4O2/c1-25-19-8-5-9-20(25)16-26(15-14-19)22(27)28-21-12-10-18(11-13-21)24-23-17-6-3-2-4-7-17/h2-4,6-7,10-13,19-20H,5,8-9,14-16H2,1H3/b24-23+. The SMILES string of the molecule is CN1C2CCCC1CN(C(=O)Oc1ccc(/N=N/c3ccccc3)cc1)CC2. The highest BCUT2D eigenvalue weighted by molar-refractivity contribution is 5.71. The molecule has 0 aliphatic carbocycles. The molecule has 2 bridgehead atoms. The van der Waals surface area contributed by atoms with Crippen LogP contribution in [0, 0.1) is 0 Å². The molecule has 2 fully saturated rings. The van der Waals surface area contributed by atoms with Crippen molar-refractivity contribution in [2.75, 3.05) is 20.1 Å². The zero-order chi connectivity index (χ0) is 19.3. The molecule has 6 heteroatoms. The summed E-state index contributed by atoms with van der Waals surface area (Å²) in [5.41, 5.74) is 1.52. The first-order valence-electron chi connectivity index (χ1n) is 9.94. The van der Waals surface area contributed by atoms with Crippen molar-refractivity contribution in [1.82, 2.24) is 9.80 Å². The minimum Gasteiger partial charge on any atom is -0.410 e. The molecule has 2 aliphatic rings. The van der Waals surface area contributed by atoms with Gasteiger partial charge in [-0.2, -0.15) is 10.2 Å². The number of azo groups is 1. The molecule has 2 aromatic carbocycles. The molecule has 0 N–H and O–H groups in total. The van der Waals surface area contributed by atoms with Crippen LogP contribution in [0.3, 0.4) is 0 Å². The molecule has 6 nitrogen and oxygen atoms in total. The van der Waals surface area contributed by atoms with Gasteiger partial charge in [0.05, 0.1) is 11.4 Å². The summed E-state index contributed by atoms with van der Waals surface area (Å²) in [6.45, 7) is 1.50. The Balaban J connectivity index is 1.36. The average molecular weight is 378 g/mol. The summed E-state index contributed by atoms with van der Waals surface area (Å²) in [6, 6.07) is 17.7. The second-order valence-electron chi connectivity index (χ2n) is 7.54. The maximum Gasteiger partial charge on any atom is 0.415 e. The molecule has 28 heavy (non-hydrogen) atoms. The number of rotatable bonds is 3. The number of benzene rings is 2. The maximum absolute atomic E-state index is 12.7. The molecule has 0 aromatic heterocycles. The monoisotopic (exact) mass is 378 g/mol. The van der Waals surface area contributed by atoms with Gasteiger partial charge in [-0.1, -0.05) is 24.6 Å². The number of ether oxygens (including phenoxy) is 1. The van der Waals surface area contributed by atoms with Crippen LogP contribution >= 0.6 is 0 Å². The minimum atomic E-state index is -0.264. The molecule has 2 aromatic rings. The van der Waals surface area contributed by atoms with Crippen molar-refractivity contribution in [2.45, 2.75) is 37.8 Å². The van der Waals surface area contributed by atoms with Gasteiger partial charge >= 0.3 is 6.09 Å². The zero-order valence-electron chi connectivity index (χ0n) is 16.2. The van der Waals surface area contributed by atoms with E-state index in [-0.39, 0.29) is 6.09 Å². The highest BCUT2D eigenvalue weighted by Crippen LogP contribution is 2.28. The second-order valence-corrected chi connectivity index (χ2v) is 7.54. The fourth-order valence-electron chi connectivity index (χ4n) is 4.04. The Kier molecular flexibility index (Phi) is 5.67. The Labute approximate surface area is 165 Å². The average Bonchev–Trinajstić information content (AvgIpc) is 2.81. The van der Waals surface area contributed by atoms with E-state index in [0.29, 0.717) is 23.5 Å². The predicted molar refractivity (Wildman–Crippen MR) is 108 cm³/mol. The van der Waals surface area contributed by atoms with Gasteiger partial charge in [-0.3, -0.25) is 4.90 Å². The quantitative estimate of drug-likeness (QED) is 0.693. The first-order chi connectivity index (χ1) is 13.7. The number of hydrogen-bond donors (Lipinski definition) is 0. The summed E-state index contributed by atoms with van der Waals surface area (Å²) in [5.74, 6) is 0.532. The van der Waals surface area contributed by atoms with Crippen molar-refractivity contribution in [3.8, 4) is 5.75 Å². The van der Waals surface area contributed by atoms with Crippen LogP contribution in [-0.4, -0.2) is 48.1 Å². The smallest absolute Gasteiger partial charge is 0.410 e. The lowest BCUT2D eigenvalue weighted by molar-refractivity contribution is 0.111. The second kappa shape index (κ2) is 8.52. The van der Waals surface area contributed by atoms with E-state index in [9.17, 15) is 4.79 Å². The Bertz CT molecular complexity index is 822. The van der Waals surface area contributed by atoms with Gasteiger partial charge in [0.2, 0.25) is 0 Å². The third kappa shape index (κ3) is 4.39. The van der Waals surface area contributed by atoms with Gasteiger partial charge in [-0.05, 0) is 62.7 Å². The lowest BCUT2D eigenvalue weighted by atomic mass is 9.96. The molecular formula is C22H26N4O2. The maximum atomic E-state index is 12.7. The molecule has 2 saturated heterocycles. The number of hydrogen-bond acceptors (Lipinski definition) is 5. The molecule has 4 rings (SSSR count). The van der Waals surface area contributed by atoms with E-state index in [1.807, 2.05) is 35.2 Å². The molecule has 2 aliphatic heterocycles. The summed E-state index contributed by atoms with van der Waals surface area (Å²) >= 11 is 0. The summed E-state index contributed by atoms with van der Waals surface area (Å²) in [4.78, 5) is 17.0.